The molecule has 1 aliphatic carbocycles. The first-order valence-electron chi connectivity index (χ1n) is 7.15. The van der Waals surface area contributed by atoms with Gasteiger partial charge in [0, 0.05) is 18.0 Å². The third-order valence-corrected chi connectivity index (χ3v) is 4.13. The van der Waals surface area contributed by atoms with E-state index in [0.29, 0.717) is 6.04 Å². The Balaban J connectivity index is 1.93. The van der Waals surface area contributed by atoms with Crippen LogP contribution in [-0.4, -0.2) is 23.8 Å². The van der Waals surface area contributed by atoms with Crippen LogP contribution in [0.25, 0.3) is 0 Å². The smallest absolute Gasteiger partial charge is 0.126 e. The molecule has 0 aromatic heterocycles. The van der Waals surface area contributed by atoms with Crippen molar-refractivity contribution in [3.8, 4) is 0 Å². The Morgan fingerprint density at radius 2 is 1.84 bits per heavy atom. The minimum atomic E-state index is -0.221. The van der Waals surface area contributed by atoms with Gasteiger partial charge in [0.25, 0.3) is 0 Å². The fraction of sp³-hybridized carbons (Fsp3) is 0.625. The molecule has 0 spiro atoms. The van der Waals surface area contributed by atoms with E-state index in [1.807, 2.05) is 12.1 Å². The molecule has 0 heterocycles. The van der Waals surface area contributed by atoms with Gasteiger partial charge >= 0.3 is 0 Å². The van der Waals surface area contributed by atoms with E-state index in [2.05, 4.69) is 19.2 Å². The number of aliphatic hydroxyl groups excluding tert-OH is 1. The average molecular weight is 265 g/mol. The molecule has 1 aliphatic rings. The lowest BCUT2D eigenvalue weighted by molar-refractivity contribution is 0.115. The molecule has 0 unspecified atom stereocenters. The predicted octanol–water partition coefficient (Wildman–Crippen LogP) is 3.00. The van der Waals surface area contributed by atoms with Crippen LogP contribution < -0.4 is 5.32 Å². The summed E-state index contributed by atoms with van der Waals surface area (Å²) in [4.78, 5) is 0. The summed E-state index contributed by atoms with van der Waals surface area (Å²) in [5.41, 5.74) is 0.542. The first-order valence-corrected chi connectivity index (χ1v) is 7.15. The topological polar surface area (TPSA) is 32.3 Å². The summed E-state index contributed by atoms with van der Waals surface area (Å²) in [6.07, 6.45) is 3.64. The third-order valence-electron chi connectivity index (χ3n) is 4.13. The fourth-order valence-electron chi connectivity index (χ4n) is 2.78. The van der Waals surface area contributed by atoms with Crippen LogP contribution in [0.15, 0.2) is 24.3 Å². The SMILES string of the molecule is CC(C)(CNC1CCC(O)CC1)c1ccccc1F. The monoisotopic (exact) mass is 265 g/mol. The first-order chi connectivity index (χ1) is 8.99. The molecule has 106 valence electrons. The summed E-state index contributed by atoms with van der Waals surface area (Å²) in [5, 5.41) is 13.0. The molecule has 0 bridgehead atoms. The maximum Gasteiger partial charge on any atom is 0.126 e. The van der Waals surface area contributed by atoms with Crippen LogP contribution in [0.5, 0.6) is 0 Å². The Kier molecular flexibility index (Phi) is 4.58. The van der Waals surface area contributed by atoms with Gasteiger partial charge in [-0.05, 0) is 37.3 Å². The van der Waals surface area contributed by atoms with Crippen molar-refractivity contribution in [3.63, 3.8) is 0 Å². The lowest BCUT2D eigenvalue weighted by atomic mass is 9.83. The van der Waals surface area contributed by atoms with E-state index < -0.39 is 0 Å². The Bertz CT molecular complexity index is 411. The van der Waals surface area contributed by atoms with E-state index in [1.165, 1.54) is 6.07 Å². The second kappa shape index (κ2) is 6.02. The zero-order valence-corrected chi connectivity index (χ0v) is 11.8. The number of hydrogen-bond donors (Lipinski definition) is 2. The van der Waals surface area contributed by atoms with Gasteiger partial charge in [0.05, 0.1) is 6.10 Å². The summed E-state index contributed by atoms with van der Waals surface area (Å²) in [5.74, 6) is -0.131. The highest BCUT2D eigenvalue weighted by Crippen LogP contribution is 2.26. The van der Waals surface area contributed by atoms with Crippen molar-refractivity contribution in [3.05, 3.63) is 35.6 Å². The Morgan fingerprint density at radius 1 is 1.21 bits per heavy atom. The Hall–Kier alpha value is -0.930. The molecular formula is C16H24FNO. The van der Waals surface area contributed by atoms with Gasteiger partial charge in [0.15, 0.2) is 0 Å². The summed E-state index contributed by atoms with van der Waals surface area (Å²) in [6.45, 7) is 4.89. The van der Waals surface area contributed by atoms with E-state index in [0.717, 1.165) is 37.8 Å². The number of hydrogen-bond acceptors (Lipinski definition) is 2. The summed E-state index contributed by atoms with van der Waals surface area (Å²) in [6, 6.07) is 7.45. The van der Waals surface area contributed by atoms with Gasteiger partial charge in [-0.3, -0.25) is 0 Å². The molecule has 0 saturated heterocycles. The molecule has 2 N–H and O–H groups in total. The van der Waals surface area contributed by atoms with Crippen LogP contribution in [-0.2, 0) is 5.41 Å². The van der Waals surface area contributed by atoms with E-state index >= 15 is 0 Å². The normalized spacial score (nSPS) is 24.4. The molecule has 0 atom stereocenters. The van der Waals surface area contributed by atoms with Crippen molar-refractivity contribution < 1.29 is 9.50 Å². The highest BCUT2D eigenvalue weighted by molar-refractivity contribution is 5.25. The predicted molar refractivity (Wildman–Crippen MR) is 75.7 cm³/mol. The highest BCUT2D eigenvalue weighted by Gasteiger charge is 2.26. The molecule has 2 nitrogen and oxygen atoms in total. The van der Waals surface area contributed by atoms with Gasteiger partial charge in [0.2, 0.25) is 0 Å². The quantitative estimate of drug-likeness (QED) is 0.877. The van der Waals surface area contributed by atoms with Crippen LogP contribution in [0.1, 0.15) is 45.1 Å². The third kappa shape index (κ3) is 3.77. The zero-order chi connectivity index (χ0) is 13.9. The largest absolute Gasteiger partial charge is 0.393 e. The minimum Gasteiger partial charge on any atom is -0.393 e. The van der Waals surface area contributed by atoms with Gasteiger partial charge in [-0.2, -0.15) is 0 Å². The van der Waals surface area contributed by atoms with E-state index in [4.69, 9.17) is 0 Å². The highest BCUT2D eigenvalue weighted by atomic mass is 19.1. The van der Waals surface area contributed by atoms with Crippen molar-refractivity contribution in [1.29, 1.82) is 0 Å². The van der Waals surface area contributed by atoms with Crippen molar-refractivity contribution in [2.24, 2.45) is 0 Å². The molecule has 1 saturated carbocycles. The van der Waals surface area contributed by atoms with Crippen LogP contribution in [0.3, 0.4) is 0 Å². The fourth-order valence-corrected chi connectivity index (χ4v) is 2.78. The number of nitrogens with one attached hydrogen (secondary N) is 1. The molecule has 1 aromatic carbocycles. The van der Waals surface area contributed by atoms with Gasteiger partial charge in [-0.25, -0.2) is 4.39 Å². The molecule has 1 fully saturated rings. The standard InChI is InChI=1S/C16H24FNO/c1-16(2,14-5-3-4-6-15(14)17)11-18-12-7-9-13(19)10-8-12/h3-6,12-13,18-19H,7-11H2,1-2H3. The van der Waals surface area contributed by atoms with Crippen LogP contribution in [0, 0.1) is 5.82 Å². The van der Waals surface area contributed by atoms with Crippen molar-refractivity contribution in [1.82, 2.24) is 5.32 Å². The summed E-state index contributed by atoms with van der Waals surface area (Å²) in [7, 11) is 0. The van der Waals surface area contributed by atoms with Gasteiger partial charge in [-0.15, -0.1) is 0 Å². The second-order valence-electron chi connectivity index (χ2n) is 6.25. The number of benzene rings is 1. The first kappa shape index (κ1) is 14.5. The second-order valence-corrected chi connectivity index (χ2v) is 6.25. The number of aliphatic hydroxyl groups is 1. The minimum absolute atomic E-state index is 0.127. The maximum absolute atomic E-state index is 13.8. The lowest BCUT2D eigenvalue weighted by Gasteiger charge is -2.32. The van der Waals surface area contributed by atoms with E-state index in [-0.39, 0.29) is 17.3 Å². The van der Waals surface area contributed by atoms with Crippen molar-refractivity contribution in [2.75, 3.05) is 6.54 Å². The van der Waals surface area contributed by atoms with E-state index in [1.54, 1.807) is 6.07 Å². The lowest BCUT2D eigenvalue weighted by Crippen LogP contribution is -2.41. The van der Waals surface area contributed by atoms with Crippen LogP contribution >= 0.6 is 0 Å². The Morgan fingerprint density at radius 3 is 2.47 bits per heavy atom. The molecule has 19 heavy (non-hydrogen) atoms. The van der Waals surface area contributed by atoms with E-state index in [9.17, 15) is 9.50 Å². The van der Waals surface area contributed by atoms with Crippen LogP contribution in [0.4, 0.5) is 4.39 Å². The number of halogens is 1. The van der Waals surface area contributed by atoms with Crippen LogP contribution in [0.2, 0.25) is 0 Å². The molecule has 0 amide bonds. The van der Waals surface area contributed by atoms with Crippen molar-refractivity contribution >= 4 is 0 Å². The van der Waals surface area contributed by atoms with Crippen molar-refractivity contribution in [2.45, 2.75) is 57.1 Å². The molecule has 0 radical (unpaired) electrons. The summed E-state index contributed by atoms with van der Waals surface area (Å²) >= 11 is 0. The zero-order valence-electron chi connectivity index (χ0n) is 11.8. The molecule has 2 rings (SSSR count). The maximum atomic E-state index is 13.8. The average Bonchev–Trinajstić information content (AvgIpc) is 2.38. The molecular weight excluding hydrogens is 241 g/mol. The van der Waals surface area contributed by atoms with Gasteiger partial charge < -0.3 is 10.4 Å². The molecule has 0 aliphatic heterocycles. The molecule has 3 heteroatoms. The number of rotatable bonds is 4. The molecule has 1 aromatic rings. The van der Waals surface area contributed by atoms with Gasteiger partial charge in [0.1, 0.15) is 5.82 Å². The van der Waals surface area contributed by atoms with Gasteiger partial charge in [-0.1, -0.05) is 32.0 Å². The Labute approximate surface area is 115 Å². The summed E-state index contributed by atoms with van der Waals surface area (Å²) < 4.78 is 13.8.